The maximum Gasteiger partial charge on any atom is 0.337 e. The summed E-state index contributed by atoms with van der Waals surface area (Å²) in [7, 11) is 0. The summed E-state index contributed by atoms with van der Waals surface area (Å²) in [4.78, 5) is 23.0. The highest BCUT2D eigenvalue weighted by Gasteiger charge is 2.18. The molecule has 0 spiro atoms. The first-order valence-electron chi connectivity index (χ1n) is 6.81. The summed E-state index contributed by atoms with van der Waals surface area (Å²) in [5, 5.41) is 11.8. The molecule has 0 saturated carbocycles. The van der Waals surface area contributed by atoms with Gasteiger partial charge in [0.05, 0.1) is 17.4 Å². The minimum absolute atomic E-state index is 0.121. The number of hydrogen-bond acceptors (Lipinski definition) is 3. The first kappa shape index (κ1) is 14.5. The lowest BCUT2D eigenvalue weighted by molar-refractivity contribution is -0.116. The number of hydrogen-bond donors (Lipinski definition) is 2. The summed E-state index contributed by atoms with van der Waals surface area (Å²) >= 11 is 0. The molecule has 1 atom stereocenters. The van der Waals surface area contributed by atoms with E-state index in [1.807, 2.05) is 6.92 Å². The third-order valence-corrected chi connectivity index (χ3v) is 3.40. The summed E-state index contributed by atoms with van der Waals surface area (Å²) in [6, 6.07) is 4.96. The number of nitrogens with one attached hydrogen (secondary N) is 1. The molecule has 1 amide bonds. The van der Waals surface area contributed by atoms with Crippen LogP contribution in [0.2, 0.25) is 0 Å². The zero-order valence-corrected chi connectivity index (χ0v) is 11.5. The minimum Gasteiger partial charge on any atom is -0.478 e. The van der Waals surface area contributed by atoms with Crippen molar-refractivity contribution in [2.75, 3.05) is 11.9 Å². The molecular weight excluding hydrogens is 258 g/mol. The van der Waals surface area contributed by atoms with Crippen LogP contribution in [0.5, 0.6) is 0 Å². The number of carboxylic acid groups (broad SMARTS) is 1. The molecule has 1 fully saturated rings. The van der Waals surface area contributed by atoms with E-state index in [2.05, 4.69) is 5.32 Å². The lowest BCUT2D eigenvalue weighted by Gasteiger charge is -2.11. The van der Waals surface area contributed by atoms with Gasteiger partial charge in [-0.2, -0.15) is 0 Å². The summed E-state index contributed by atoms with van der Waals surface area (Å²) in [6.45, 7) is 2.59. The highest BCUT2D eigenvalue weighted by atomic mass is 16.5. The fourth-order valence-electron chi connectivity index (χ4n) is 2.32. The Morgan fingerprint density at radius 1 is 1.45 bits per heavy atom. The second kappa shape index (κ2) is 6.52. The van der Waals surface area contributed by atoms with E-state index < -0.39 is 5.97 Å². The van der Waals surface area contributed by atoms with Crippen molar-refractivity contribution in [1.29, 1.82) is 0 Å². The van der Waals surface area contributed by atoms with Crippen LogP contribution < -0.4 is 5.32 Å². The van der Waals surface area contributed by atoms with Crippen LogP contribution in [0, 0.1) is 6.92 Å². The highest BCUT2D eigenvalue weighted by molar-refractivity contribution is 6.00. The number of anilines is 1. The van der Waals surface area contributed by atoms with E-state index in [0.717, 1.165) is 25.0 Å². The molecule has 1 aliphatic rings. The first-order chi connectivity index (χ1) is 9.56. The Labute approximate surface area is 117 Å². The van der Waals surface area contributed by atoms with Gasteiger partial charge in [-0.25, -0.2) is 4.79 Å². The Morgan fingerprint density at radius 3 is 2.90 bits per heavy atom. The summed E-state index contributed by atoms with van der Waals surface area (Å²) in [5.74, 6) is -1.21. The first-order valence-corrected chi connectivity index (χ1v) is 6.81. The van der Waals surface area contributed by atoms with Crippen molar-refractivity contribution >= 4 is 17.6 Å². The topological polar surface area (TPSA) is 75.6 Å². The SMILES string of the molecule is Cc1ccc(NC(=O)CCC2CCCO2)c(C(=O)O)c1. The summed E-state index contributed by atoms with van der Waals surface area (Å²) in [6.07, 6.45) is 3.24. The smallest absolute Gasteiger partial charge is 0.337 e. The van der Waals surface area contributed by atoms with Crippen molar-refractivity contribution < 1.29 is 19.4 Å². The van der Waals surface area contributed by atoms with Crippen LogP contribution in [-0.2, 0) is 9.53 Å². The quantitative estimate of drug-likeness (QED) is 0.867. The molecule has 5 heteroatoms. The van der Waals surface area contributed by atoms with Crippen molar-refractivity contribution in [1.82, 2.24) is 0 Å². The van der Waals surface area contributed by atoms with Crippen molar-refractivity contribution in [3.05, 3.63) is 29.3 Å². The fraction of sp³-hybridized carbons (Fsp3) is 0.467. The Morgan fingerprint density at radius 2 is 2.25 bits per heavy atom. The number of amides is 1. The molecule has 1 saturated heterocycles. The Balaban J connectivity index is 1.94. The van der Waals surface area contributed by atoms with E-state index in [1.54, 1.807) is 18.2 Å². The maximum atomic E-state index is 11.9. The van der Waals surface area contributed by atoms with Crippen LogP contribution in [0.15, 0.2) is 18.2 Å². The number of aromatic carboxylic acids is 1. The Kier molecular flexibility index (Phi) is 4.74. The molecule has 2 N–H and O–H groups in total. The third-order valence-electron chi connectivity index (χ3n) is 3.40. The van der Waals surface area contributed by atoms with Crippen molar-refractivity contribution in [2.45, 2.75) is 38.7 Å². The number of rotatable bonds is 5. The van der Waals surface area contributed by atoms with Gasteiger partial charge in [-0.05, 0) is 38.3 Å². The van der Waals surface area contributed by atoms with Crippen LogP contribution in [0.1, 0.15) is 41.6 Å². The molecule has 20 heavy (non-hydrogen) atoms. The molecule has 5 nitrogen and oxygen atoms in total. The largest absolute Gasteiger partial charge is 0.478 e. The van der Waals surface area contributed by atoms with Crippen molar-refractivity contribution in [3.8, 4) is 0 Å². The van der Waals surface area contributed by atoms with Gasteiger partial charge in [0, 0.05) is 13.0 Å². The van der Waals surface area contributed by atoms with E-state index in [-0.39, 0.29) is 17.6 Å². The average molecular weight is 277 g/mol. The van der Waals surface area contributed by atoms with Crippen molar-refractivity contribution in [3.63, 3.8) is 0 Å². The standard InChI is InChI=1S/C15H19NO4/c1-10-4-6-13(12(9-10)15(18)19)16-14(17)7-5-11-3-2-8-20-11/h4,6,9,11H,2-3,5,7-8H2,1H3,(H,16,17)(H,18,19). The second-order valence-corrected chi connectivity index (χ2v) is 5.08. The van der Waals surface area contributed by atoms with Gasteiger partial charge < -0.3 is 15.2 Å². The molecule has 0 aliphatic carbocycles. The monoisotopic (exact) mass is 277 g/mol. The summed E-state index contributed by atoms with van der Waals surface area (Å²) < 4.78 is 5.46. The molecule has 1 heterocycles. The highest BCUT2D eigenvalue weighted by Crippen LogP contribution is 2.20. The molecule has 108 valence electrons. The number of carboxylic acids is 1. The normalized spacial score (nSPS) is 17.9. The van der Waals surface area contributed by atoms with Crippen LogP contribution in [0.3, 0.4) is 0 Å². The van der Waals surface area contributed by atoms with E-state index in [1.165, 1.54) is 0 Å². The van der Waals surface area contributed by atoms with E-state index >= 15 is 0 Å². The van der Waals surface area contributed by atoms with Gasteiger partial charge in [-0.1, -0.05) is 11.6 Å². The van der Waals surface area contributed by atoms with Gasteiger partial charge in [0.25, 0.3) is 0 Å². The van der Waals surface area contributed by atoms with E-state index in [9.17, 15) is 9.59 Å². The van der Waals surface area contributed by atoms with E-state index in [0.29, 0.717) is 18.5 Å². The fourth-order valence-corrected chi connectivity index (χ4v) is 2.32. The van der Waals surface area contributed by atoms with Crippen LogP contribution in [-0.4, -0.2) is 29.7 Å². The second-order valence-electron chi connectivity index (χ2n) is 5.08. The van der Waals surface area contributed by atoms with Crippen molar-refractivity contribution in [2.24, 2.45) is 0 Å². The Bertz CT molecular complexity index is 507. The maximum absolute atomic E-state index is 11.9. The zero-order chi connectivity index (χ0) is 14.5. The van der Waals surface area contributed by atoms with Crippen LogP contribution >= 0.6 is 0 Å². The van der Waals surface area contributed by atoms with Gasteiger partial charge in [0.1, 0.15) is 0 Å². The average Bonchev–Trinajstić information content (AvgIpc) is 2.91. The van der Waals surface area contributed by atoms with Gasteiger partial charge in [-0.15, -0.1) is 0 Å². The van der Waals surface area contributed by atoms with E-state index in [4.69, 9.17) is 9.84 Å². The van der Waals surface area contributed by atoms with Gasteiger partial charge in [-0.3, -0.25) is 4.79 Å². The van der Waals surface area contributed by atoms with Crippen LogP contribution in [0.4, 0.5) is 5.69 Å². The third kappa shape index (κ3) is 3.81. The lowest BCUT2D eigenvalue weighted by atomic mass is 10.1. The minimum atomic E-state index is -1.04. The number of carbonyl (C=O) groups is 2. The molecule has 1 aromatic rings. The summed E-state index contributed by atoms with van der Waals surface area (Å²) in [5.41, 5.74) is 1.32. The van der Waals surface area contributed by atoms with Gasteiger partial charge in [0.15, 0.2) is 0 Å². The predicted molar refractivity (Wildman–Crippen MR) is 75.0 cm³/mol. The van der Waals surface area contributed by atoms with Gasteiger partial charge in [0.2, 0.25) is 5.91 Å². The Hall–Kier alpha value is -1.88. The number of benzene rings is 1. The zero-order valence-electron chi connectivity index (χ0n) is 11.5. The molecule has 1 aliphatic heterocycles. The van der Waals surface area contributed by atoms with Crippen LogP contribution in [0.25, 0.3) is 0 Å². The number of aryl methyl sites for hydroxylation is 1. The molecular formula is C15H19NO4. The van der Waals surface area contributed by atoms with Gasteiger partial charge >= 0.3 is 5.97 Å². The lowest BCUT2D eigenvalue weighted by Crippen LogP contribution is -2.17. The number of ether oxygens (including phenoxy) is 1. The molecule has 0 aromatic heterocycles. The molecule has 0 radical (unpaired) electrons. The molecule has 0 bridgehead atoms. The predicted octanol–water partition coefficient (Wildman–Crippen LogP) is 2.59. The molecule has 1 unspecified atom stereocenters. The molecule has 2 rings (SSSR count). The molecule has 1 aromatic carbocycles. The number of carbonyl (C=O) groups excluding carboxylic acids is 1.